The topological polar surface area (TPSA) is 64.6 Å². The number of hydrogen-bond donors (Lipinski definition) is 3. The molecule has 1 aliphatic heterocycles. The highest BCUT2D eigenvalue weighted by Gasteiger charge is 2.33. The van der Waals surface area contributed by atoms with E-state index in [1.165, 1.54) is 6.42 Å². The van der Waals surface area contributed by atoms with Crippen molar-refractivity contribution < 1.29 is 9.90 Å². The molecular weight excluding hydrogens is 302 g/mol. The first-order chi connectivity index (χ1) is 11.3. The van der Waals surface area contributed by atoms with Crippen molar-refractivity contribution in [2.24, 2.45) is 17.8 Å². The zero-order valence-corrected chi connectivity index (χ0v) is 16.0. The molecule has 1 saturated carbocycles. The standard InChI is InChI=1S/C19H37N3O2/c1-14-9-15(2)11-22(10-14)19(3,4)13-20-18(24)21-17-7-5-16(12-23)6-8-17/h14-17,23H,5-13H2,1-4H3,(H2,20,21,24). The molecule has 1 aliphatic carbocycles. The number of carbonyl (C=O) groups is 1. The number of aliphatic hydroxyl groups excluding tert-OH is 1. The second-order valence-electron chi connectivity index (χ2n) is 8.89. The van der Waals surface area contributed by atoms with Crippen LogP contribution in [0.2, 0.25) is 0 Å². The third-order valence-corrected chi connectivity index (χ3v) is 5.85. The summed E-state index contributed by atoms with van der Waals surface area (Å²) in [7, 11) is 0. The first kappa shape index (κ1) is 19.5. The van der Waals surface area contributed by atoms with Crippen LogP contribution in [0.3, 0.4) is 0 Å². The largest absolute Gasteiger partial charge is 0.396 e. The first-order valence-electron chi connectivity index (χ1n) is 9.70. The van der Waals surface area contributed by atoms with Crippen LogP contribution in [-0.4, -0.2) is 53.9 Å². The Morgan fingerprint density at radius 1 is 1.12 bits per heavy atom. The molecule has 2 atom stereocenters. The van der Waals surface area contributed by atoms with Gasteiger partial charge in [-0.2, -0.15) is 0 Å². The molecule has 2 aliphatic rings. The molecule has 1 heterocycles. The van der Waals surface area contributed by atoms with Gasteiger partial charge in [0, 0.05) is 37.8 Å². The van der Waals surface area contributed by atoms with Crippen LogP contribution in [0.1, 0.15) is 59.8 Å². The molecule has 0 spiro atoms. The summed E-state index contributed by atoms with van der Waals surface area (Å²) in [5, 5.41) is 15.4. The van der Waals surface area contributed by atoms with Gasteiger partial charge in [0.2, 0.25) is 0 Å². The van der Waals surface area contributed by atoms with Crippen LogP contribution in [0.15, 0.2) is 0 Å². The van der Waals surface area contributed by atoms with E-state index in [0.717, 1.165) is 50.6 Å². The number of urea groups is 1. The molecule has 0 aromatic carbocycles. The molecule has 2 amide bonds. The number of amides is 2. The number of nitrogens with zero attached hydrogens (tertiary/aromatic N) is 1. The molecule has 2 fully saturated rings. The third-order valence-electron chi connectivity index (χ3n) is 5.85. The summed E-state index contributed by atoms with van der Waals surface area (Å²) in [5.74, 6) is 1.88. The maximum absolute atomic E-state index is 12.2. The maximum Gasteiger partial charge on any atom is 0.315 e. The number of likely N-dealkylation sites (tertiary alicyclic amines) is 1. The summed E-state index contributed by atoms with van der Waals surface area (Å²) in [6.07, 6.45) is 5.27. The van der Waals surface area contributed by atoms with Gasteiger partial charge in [-0.1, -0.05) is 13.8 Å². The van der Waals surface area contributed by atoms with Crippen molar-refractivity contribution in [3.8, 4) is 0 Å². The predicted octanol–water partition coefficient (Wildman–Crippen LogP) is 2.59. The van der Waals surface area contributed by atoms with E-state index in [9.17, 15) is 9.90 Å². The molecule has 2 unspecified atom stereocenters. The van der Waals surface area contributed by atoms with Crippen molar-refractivity contribution in [3.63, 3.8) is 0 Å². The van der Waals surface area contributed by atoms with Crippen LogP contribution in [-0.2, 0) is 0 Å². The molecule has 24 heavy (non-hydrogen) atoms. The Morgan fingerprint density at radius 2 is 1.71 bits per heavy atom. The van der Waals surface area contributed by atoms with Gasteiger partial charge in [0.1, 0.15) is 0 Å². The highest BCUT2D eigenvalue weighted by molar-refractivity contribution is 5.74. The van der Waals surface area contributed by atoms with E-state index in [1.54, 1.807) is 0 Å². The van der Waals surface area contributed by atoms with Crippen molar-refractivity contribution in [1.29, 1.82) is 0 Å². The summed E-state index contributed by atoms with van der Waals surface area (Å²) in [6.45, 7) is 12.3. The van der Waals surface area contributed by atoms with Crippen LogP contribution < -0.4 is 10.6 Å². The Hall–Kier alpha value is -0.810. The third kappa shape index (κ3) is 5.62. The SMILES string of the molecule is CC1CC(C)CN(C(C)(C)CNC(=O)NC2CCC(CO)CC2)C1. The van der Waals surface area contributed by atoms with E-state index in [2.05, 4.69) is 43.2 Å². The predicted molar refractivity (Wildman–Crippen MR) is 98.0 cm³/mol. The molecule has 140 valence electrons. The Bertz CT molecular complexity index is 395. The Balaban J connectivity index is 1.74. The van der Waals surface area contributed by atoms with E-state index in [4.69, 9.17) is 0 Å². The molecule has 1 saturated heterocycles. The lowest BCUT2D eigenvalue weighted by molar-refractivity contribution is 0.0471. The Kier molecular flexibility index (Phi) is 6.93. The normalized spacial score (nSPS) is 32.4. The lowest BCUT2D eigenvalue weighted by atomic mass is 9.86. The molecule has 0 aromatic heterocycles. The summed E-state index contributed by atoms with van der Waals surface area (Å²) >= 11 is 0. The van der Waals surface area contributed by atoms with Crippen LogP contribution >= 0.6 is 0 Å². The maximum atomic E-state index is 12.2. The highest BCUT2D eigenvalue weighted by atomic mass is 16.3. The van der Waals surface area contributed by atoms with Gasteiger partial charge >= 0.3 is 6.03 Å². The van der Waals surface area contributed by atoms with Gasteiger partial charge < -0.3 is 15.7 Å². The van der Waals surface area contributed by atoms with E-state index >= 15 is 0 Å². The van der Waals surface area contributed by atoms with Crippen molar-refractivity contribution in [2.45, 2.75) is 71.4 Å². The van der Waals surface area contributed by atoms with Gasteiger partial charge in [-0.3, -0.25) is 4.90 Å². The van der Waals surface area contributed by atoms with E-state index in [-0.39, 0.29) is 24.2 Å². The zero-order valence-electron chi connectivity index (χ0n) is 16.0. The van der Waals surface area contributed by atoms with Gasteiger partial charge in [-0.15, -0.1) is 0 Å². The smallest absolute Gasteiger partial charge is 0.315 e. The molecule has 2 rings (SSSR count). The molecule has 0 radical (unpaired) electrons. The van der Waals surface area contributed by atoms with Crippen LogP contribution in [0.4, 0.5) is 4.79 Å². The van der Waals surface area contributed by atoms with Gasteiger partial charge in [0.25, 0.3) is 0 Å². The highest BCUT2D eigenvalue weighted by Crippen LogP contribution is 2.27. The number of rotatable bonds is 5. The van der Waals surface area contributed by atoms with Gasteiger partial charge in [0.15, 0.2) is 0 Å². The zero-order chi connectivity index (χ0) is 17.7. The number of carbonyl (C=O) groups excluding carboxylic acids is 1. The summed E-state index contributed by atoms with van der Waals surface area (Å²) in [5.41, 5.74) is -0.0190. The second-order valence-corrected chi connectivity index (χ2v) is 8.89. The van der Waals surface area contributed by atoms with Gasteiger partial charge in [-0.25, -0.2) is 4.79 Å². The average Bonchev–Trinajstić information content (AvgIpc) is 2.53. The monoisotopic (exact) mass is 339 g/mol. The minimum atomic E-state index is -0.0476. The minimum Gasteiger partial charge on any atom is -0.396 e. The molecule has 5 nitrogen and oxygen atoms in total. The van der Waals surface area contributed by atoms with E-state index < -0.39 is 0 Å². The average molecular weight is 340 g/mol. The fourth-order valence-corrected chi connectivity index (χ4v) is 4.29. The van der Waals surface area contributed by atoms with Crippen LogP contribution in [0.25, 0.3) is 0 Å². The van der Waals surface area contributed by atoms with Crippen molar-refractivity contribution >= 4 is 6.03 Å². The van der Waals surface area contributed by atoms with Gasteiger partial charge in [-0.05, 0) is 63.7 Å². The molecule has 0 aromatic rings. The van der Waals surface area contributed by atoms with Gasteiger partial charge in [0.05, 0.1) is 0 Å². The summed E-state index contributed by atoms with van der Waals surface area (Å²) in [4.78, 5) is 14.8. The minimum absolute atomic E-state index is 0.0190. The molecule has 3 N–H and O–H groups in total. The molecular formula is C19H37N3O2. The fourth-order valence-electron chi connectivity index (χ4n) is 4.29. The fraction of sp³-hybridized carbons (Fsp3) is 0.947. The van der Waals surface area contributed by atoms with Crippen molar-refractivity contribution in [3.05, 3.63) is 0 Å². The summed E-state index contributed by atoms with van der Waals surface area (Å²) in [6, 6.07) is 0.208. The van der Waals surface area contributed by atoms with E-state index in [0.29, 0.717) is 12.5 Å². The number of nitrogens with one attached hydrogen (secondary N) is 2. The number of piperidine rings is 1. The Morgan fingerprint density at radius 3 is 2.25 bits per heavy atom. The van der Waals surface area contributed by atoms with Crippen molar-refractivity contribution in [2.75, 3.05) is 26.2 Å². The quantitative estimate of drug-likeness (QED) is 0.721. The molecule has 5 heteroatoms. The molecule has 0 bridgehead atoms. The van der Waals surface area contributed by atoms with E-state index in [1.807, 2.05) is 0 Å². The number of hydrogen-bond acceptors (Lipinski definition) is 3. The summed E-state index contributed by atoms with van der Waals surface area (Å²) < 4.78 is 0. The van der Waals surface area contributed by atoms with Crippen LogP contribution in [0.5, 0.6) is 0 Å². The lowest BCUT2D eigenvalue weighted by Gasteiger charge is -2.45. The number of aliphatic hydroxyl groups is 1. The Labute approximate surface area is 147 Å². The van der Waals surface area contributed by atoms with Crippen molar-refractivity contribution in [1.82, 2.24) is 15.5 Å². The lowest BCUT2D eigenvalue weighted by Crippen LogP contribution is -2.57. The van der Waals surface area contributed by atoms with Crippen LogP contribution in [0, 0.1) is 17.8 Å². The second kappa shape index (κ2) is 8.52. The first-order valence-corrected chi connectivity index (χ1v) is 9.70.